The van der Waals surface area contributed by atoms with Crippen molar-refractivity contribution in [3.05, 3.63) is 45.6 Å². The van der Waals surface area contributed by atoms with Crippen LogP contribution in [0.5, 0.6) is 0 Å². The van der Waals surface area contributed by atoms with E-state index in [1.54, 1.807) is 23.0 Å². The fourth-order valence-electron chi connectivity index (χ4n) is 3.72. The molecule has 1 N–H and O–H groups in total. The lowest BCUT2D eigenvalue weighted by Gasteiger charge is -2.34. The van der Waals surface area contributed by atoms with Gasteiger partial charge in [0.15, 0.2) is 0 Å². The zero-order chi connectivity index (χ0) is 17.9. The van der Waals surface area contributed by atoms with E-state index < -0.39 is 0 Å². The van der Waals surface area contributed by atoms with Gasteiger partial charge in [-0.3, -0.25) is 19.6 Å². The molecule has 26 heavy (non-hydrogen) atoms. The van der Waals surface area contributed by atoms with Gasteiger partial charge in [-0.1, -0.05) is 0 Å². The number of amides is 1. The van der Waals surface area contributed by atoms with Gasteiger partial charge in [0, 0.05) is 45.0 Å². The average Bonchev–Trinajstić information content (AvgIpc) is 3.21. The summed E-state index contributed by atoms with van der Waals surface area (Å²) in [6.07, 6.45) is 5.85. The molecule has 2 aromatic heterocycles. The molecule has 8 heteroatoms. The number of hydrogen-bond acceptors (Lipinski definition) is 5. The molecule has 138 valence electrons. The Bertz CT molecular complexity index is 821. The molecule has 8 nitrogen and oxygen atoms in total. The highest BCUT2D eigenvalue weighted by Crippen LogP contribution is 2.16. The van der Waals surface area contributed by atoms with Gasteiger partial charge in [0.1, 0.15) is 5.69 Å². The van der Waals surface area contributed by atoms with Crippen molar-refractivity contribution in [2.45, 2.75) is 32.2 Å². The van der Waals surface area contributed by atoms with Crippen LogP contribution in [0, 0.1) is 0 Å². The lowest BCUT2D eigenvalue weighted by Crippen LogP contribution is -2.49. The van der Waals surface area contributed by atoms with Gasteiger partial charge in [-0.05, 0) is 37.3 Å². The fourth-order valence-corrected chi connectivity index (χ4v) is 3.72. The molecule has 0 radical (unpaired) electrons. The Labute approximate surface area is 151 Å². The van der Waals surface area contributed by atoms with Gasteiger partial charge in [0.2, 0.25) is 0 Å². The van der Waals surface area contributed by atoms with Gasteiger partial charge in [-0.15, -0.1) is 0 Å². The Hall–Kier alpha value is -2.48. The van der Waals surface area contributed by atoms with Crippen LogP contribution in [-0.4, -0.2) is 68.4 Å². The SMILES string of the molecule is O=C(c1ccn[nH]1)N1CCN(CCn2nc3c(cc2=O)CCCC3)CC1. The monoisotopic (exact) mass is 356 g/mol. The Morgan fingerprint density at radius 3 is 2.69 bits per heavy atom. The molecule has 0 atom stereocenters. The number of aryl methyl sites for hydroxylation is 2. The molecular weight excluding hydrogens is 332 g/mol. The van der Waals surface area contributed by atoms with Crippen LogP contribution in [0.3, 0.4) is 0 Å². The maximum absolute atomic E-state index is 12.3. The van der Waals surface area contributed by atoms with E-state index in [1.165, 1.54) is 0 Å². The topological polar surface area (TPSA) is 87.1 Å². The highest BCUT2D eigenvalue weighted by molar-refractivity contribution is 5.92. The van der Waals surface area contributed by atoms with Crippen LogP contribution < -0.4 is 5.56 Å². The predicted octanol–water partition coefficient (Wildman–Crippen LogP) is 0.303. The van der Waals surface area contributed by atoms with Crippen LogP contribution in [0.1, 0.15) is 34.6 Å². The minimum Gasteiger partial charge on any atom is -0.335 e. The number of hydrogen-bond donors (Lipinski definition) is 1. The first-order chi connectivity index (χ1) is 12.7. The van der Waals surface area contributed by atoms with E-state index in [4.69, 9.17) is 0 Å². The second-order valence-electron chi connectivity index (χ2n) is 6.99. The second kappa shape index (κ2) is 7.41. The van der Waals surface area contributed by atoms with Crippen molar-refractivity contribution in [2.24, 2.45) is 0 Å². The highest BCUT2D eigenvalue weighted by atomic mass is 16.2. The summed E-state index contributed by atoms with van der Waals surface area (Å²) in [6.45, 7) is 4.35. The third-order valence-corrected chi connectivity index (χ3v) is 5.29. The average molecular weight is 356 g/mol. The first-order valence-electron chi connectivity index (χ1n) is 9.31. The number of carbonyl (C=O) groups is 1. The van der Waals surface area contributed by atoms with Crippen LogP contribution in [0.15, 0.2) is 23.1 Å². The Morgan fingerprint density at radius 2 is 1.92 bits per heavy atom. The third kappa shape index (κ3) is 3.55. The number of aromatic amines is 1. The highest BCUT2D eigenvalue weighted by Gasteiger charge is 2.23. The minimum atomic E-state index is -0.00489. The molecule has 0 aromatic carbocycles. The number of nitrogens with zero attached hydrogens (tertiary/aromatic N) is 5. The Morgan fingerprint density at radius 1 is 1.12 bits per heavy atom. The molecule has 1 aliphatic heterocycles. The van der Waals surface area contributed by atoms with Crippen molar-refractivity contribution in [3.8, 4) is 0 Å². The van der Waals surface area contributed by atoms with Crippen molar-refractivity contribution < 1.29 is 4.79 Å². The Kier molecular flexibility index (Phi) is 4.83. The van der Waals surface area contributed by atoms with Crippen molar-refractivity contribution in [3.63, 3.8) is 0 Å². The summed E-state index contributed by atoms with van der Waals surface area (Å²) in [5, 5.41) is 11.1. The van der Waals surface area contributed by atoms with Gasteiger partial charge >= 0.3 is 0 Å². The molecule has 3 heterocycles. The number of aromatic nitrogens is 4. The number of rotatable bonds is 4. The van der Waals surface area contributed by atoms with E-state index in [2.05, 4.69) is 20.2 Å². The van der Waals surface area contributed by atoms with Gasteiger partial charge in [0.25, 0.3) is 11.5 Å². The van der Waals surface area contributed by atoms with Crippen molar-refractivity contribution in [1.29, 1.82) is 0 Å². The molecule has 2 aliphatic rings. The molecule has 1 fully saturated rings. The van der Waals surface area contributed by atoms with E-state index in [0.29, 0.717) is 25.3 Å². The molecule has 0 saturated carbocycles. The number of fused-ring (bicyclic) bond motifs is 1. The van der Waals surface area contributed by atoms with Gasteiger partial charge in [-0.2, -0.15) is 10.2 Å². The van der Waals surface area contributed by atoms with Gasteiger partial charge < -0.3 is 4.90 Å². The Balaban J connectivity index is 1.31. The first-order valence-corrected chi connectivity index (χ1v) is 9.31. The van der Waals surface area contributed by atoms with E-state index in [-0.39, 0.29) is 11.5 Å². The molecule has 1 aliphatic carbocycles. The van der Waals surface area contributed by atoms with Crippen molar-refractivity contribution in [1.82, 2.24) is 29.8 Å². The summed E-state index contributed by atoms with van der Waals surface area (Å²) in [6, 6.07) is 3.46. The summed E-state index contributed by atoms with van der Waals surface area (Å²) < 4.78 is 1.60. The van der Waals surface area contributed by atoms with Crippen LogP contribution in [0.25, 0.3) is 0 Å². The molecule has 2 aromatic rings. The van der Waals surface area contributed by atoms with Crippen LogP contribution in [-0.2, 0) is 19.4 Å². The first kappa shape index (κ1) is 17.0. The maximum atomic E-state index is 12.3. The lowest BCUT2D eigenvalue weighted by atomic mass is 9.97. The fraction of sp³-hybridized carbons (Fsp3) is 0.556. The molecule has 0 unspecified atom stereocenters. The molecule has 1 amide bonds. The maximum Gasteiger partial charge on any atom is 0.271 e. The molecule has 1 saturated heterocycles. The van der Waals surface area contributed by atoms with E-state index in [9.17, 15) is 9.59 Å². The van der Waals surface area contributed by atoms with Gasteiger partial charge in [0.05, 0.1) is 12.2 Å². The van der Waals surface area contributed by atoms with Gasteiger partial charge in [-0.25, -0.2) is 4.68 Å². The summed E-state index contributed by atoms with van der Waals surface area (Å²) in [5.74, 6) is -0.00489. The molecule has 0 bridgehead atoms. The van der Waals surface area contributed by atoms with E-state index in [1.807, 2.05) is 4.90 Å². The zero-order valence-corrected chi connectivity index (χ0v) is 14.9. The number of H-pyrrole nitrogens is 1. The van der Waals surface area contributed by atoms with Crippen molar-refractivity contribution >= 4 is 5.91 Å². The number of nitrogens with one attached hydrogen (secondary N) is 1. The standard InChI is InChI=1S/C18H24N6O2/c25-17-13-14-3-1-2-4-15(14)21-24(17)12-9-22-7-10-23(11-8-22)18(26)16-5-6-19-20-16/h5-6,13H,1-4,7-12H2,(H,19,20). The number of carbonyl (C=O) groups excluding carboxylic acids is 1. The summed E-state index contributed by atoms with van der Waals surface area (Å²) >= 11 is 0. The van der Waals surface area contributed by atoms with Crippen LogP contribution >= 0.6 is 0 Å². The van der Waals surface area contributed by atoms with E-state index >= 15 is 0 Å². The third-order valence-electron chi connectivity index (χ3n) is 5.29. The second-order valence-corrected chi connectivity index (χ2v) is 6.99. The largest absolute Gasteiger partial charge is 0.335 e. The lowest BCUT2D eigenvalue weighted by molar-refractivity contribution is 0.0625. The normalized spacial score (nSPS) is 17.9. The predicted molar refractivity (Wildman–Crippen MR) is 96.1 cm³/mol. The van der Waals surface area contributed by atoms with E-state index in [0.717, 1.165) is 56.6 Å². The summed E-state index contributed by atoms with van der Waals surface area (Å²) in [5.41, 5.74) is 2.75. The number of piperazine rings is 1. The smallest absolute Gasteiger partial charge is 0.271 e. The molecule has 4 rings (SSSR count). The summed E-state index contributed by atoms with van der Waals surface area (Å²) in [4.78, 5) is 28.7. The molecular formula is C18H24N6O2. The van der Waals surface area contributed by atoms with Crippen LogP contribution in [0.2, 0.25) is 0 Å². The van der Waals surface area contributed by atoms with Crippen LogP contribution in [0.4, 0.5) is 0 Å². The zero-order valence-electron chi connectivity index (χ0n) is 14.9. The summed E-state index contributed by atoms with van der Waals surface area (Å²) in [7, 11) is 0. The minimum absolute atomic E-state index is 0.00120. The quantitative estimate of drug-likeness (QED) is 0.852. The van der Waals surface area contributed by atoms with Crippen molar-refractivity contribution in [2.75, 3.05) is 32.7 Å². The molecule has 0 spiro atoms.